The Labute approximate surface area is 265 Å². The number of rotatable bonds is 5. The number of Topliss-reactive ketones (excluding diaryl/α,β-unsaturated/α-hetero) is 1. The molecule has 0 radical (unpaired) electrons. The van der Waals surface area contributed by atoms with Crippen molar-refractivity contribution in [1.82, 2.24) is 9.80 Å². The van der Waals surface area contributed by atoms with Crippen LogP contribution in [0.4, 0.5) is 4.39 Å². The number of aliphatic hydroxyl groups is 2. The Balaban J connectivity index is 1.28. The molecule has 3 saturated carbocycles. The number of ketones is 1. The zero-order chi connectivity index (χ0) is 31.3. The number of piperazine rings is 1. The van der Waals surface area contributed by atoms with Crippen LogP contribution in [0.3, 0.4) is 0 Å². The van der Waals surface area contributed by atoms with Gasteiger partial charge in [0.05, 0.1) is 11.7 Å². The van der Waals surface area contributed by atoms with Crippen LogP contribution in [0.1, 0.15) is 71.3 Å². The van der Waals surface area contributed by atoms with Gasteiger partial charge in [0.25, 0.3) is 0 Å². The van der Waals surface area contributed by atoms with Crippen molar-refractivity contribution in [3.8, 4) is 0 Å². The summed E-state index contributed by atoms with van der Waals surface area (Å²) in [6.45, 7) is 9.61. The zero-order valence-corrected chi connectivity index (χ0v) is 27.0. The van der Waals surface area contributed by atoms with E-state index in [2.05, 4.69) is 37.0 Å². The molecule has 44 heavy (non-hydrogen) atoms. The lowest BCUT2D eigenvalue weighted by Crippen LogP contribution is -2.67. The van der Waals surface area contributed by atoms with Gasteiger partial charge in [-0.25, -0.2) is 4.39 Å². The van der Waals surface area contributed by atoms with Crippen LogP contribution in [0.25, 0.3) is 0 Å². The Morgan fingerprint density at radius 3 is 2.39 bits per heavy atom. The van der Waals surface area contributed by atoms with Crippen LogP contribution >= 0.6 is 11.6 Å². The smallest absolute Gasteiger partial charge is 0.219 e. The molecule has 238 valence electrons. The highest BCUT2D eigenvalue weighted by molar-refractivity contribution is 6.31. The van der Waals surface area contributed by atoms with Crippen molar-refractivity contribution < 1.29 is 24.2 Å². The van der Waals surface area contributed by atoms with Crippen LogP contribution in [0.15, 0.2) is 42.0 Å². The molecule has 8 unspecified atom stereocenters. The molecule has 6 aliphatic carbocycles. The highest BCUT2D eigenvalue weighted by Crippen LogP contribution is 2.78. The van der Waals surface area contributed by atoms with Crippen molar-refractivity contribution in [1.29, 1.82) is 0 Å². The number of hydrogen-bond donors (Lipinski definition) is 2. The van der Waals surface area contributed by atoms with E-state index >= 15 is 0 Å². The number of benzene rings is 1. The first kappa shape index (κ1) is 30.6. The van der Waals surface area contributed by atoms with Crippen LogP contribution in [0, 0.1) is 39.3 Å². The SMILES string of the molecule is CC(=O)N1CCN(CC2(O)CCC3C45C=CC6(C=C4C(=O)Cc4c(F)cccc4Cl)CC(O)CCC6(C)C5CCC32C)CC1. The molecule has 8 heteroatoms. The van der Waals surface area contributed by atoms with Crippen LogP contribution in [-0.2, 0) is 16.0 Å². The summed E-state index contributed by atoms with van der Waals surface area (Å²) in [6.07, 6.45) is 11.7. The van der Waals surface area contributed by atoms with E-state index in [1.54, 1.807) is 19.1 Å². The predicted octanol–water partition coefficient (Wildman–Crippen LogP) is 5.35. The standard InChI is InChI=1S/C36H46ClFN2O4/c1-23(41)40-17-15-39(16-18-40)22-35(44)12-9-31-33(35,3)11-8-30-32(2)10-7-24(42)20-34(32)13-14-36(30,31)26(21-34)29(43)19-25-27(37)5-4-6-28(25)38/h4-6,13-14,21,24,30-31,42,44H,7-12,15-20,22H2,1-3H3. The fraction of sp³-hybridized carbons (Fsp3) is 0.667. The van der Waals surface area contributed by atoms with Crippen molar-refractivity contribution in [2.24, 2.45) is 33.5 Å². The summed E-state index contributed by atoms with van der Waals surface area (Å²) in [6, 6.07) is 4.55. The van der Waals surface area contributed by atoms with E-state index in [0.717, 1.165) is 50.8 Å². The second-order valence-electron chi connectivity index (χ2n) is 15.4. The Bertz CT molecular complexity index is 1430. The first-order chi connectivity index (χ1) is 20.8. The quantitative estimate of drug-likeness (QED) is 0.432. The van der Waals surface area contributed by atoms with Gasteiger partial charge in [-0.1, -0.05) is 49.7 Å². The van der Waals surface area contributed by atoms with Crippen molar-refractivity contribution in [3.05, 3.63) is 58.4 Å². The lowest BCUT2D eigenvalue weighted by atomic mass is 9.32. The van der Waals surface area contributed by atoms with E-state index in [4.69, 9.17) is 11.6 Å². The third-order valence-electron chi connectivity index (χ3n) is 13.7. The zero-order valence-electron chi connectivity index (χ0n) is 26.2. The lowest BCUT2D eigenvalue weighted by Gasteiger charge is -2.71. The molecule has 0 aromatic heterocycles. The fourth-order valence-electron chi connectivity index (χ4n) is 11.2. The number of hydrogen-bond acceptors (Lipinski definition) is 5. The van der Waals surface area contributed by atoms with Crippen LogP contribution < -0.4 is 0 Å². The lowest BCUT2D eigenvalue weighted by molar-refractivity contribution is -0.180. The molecule has 1 aromatic rings. The molecular weight excluding hydrogens is 579 g/mol. The number of carbonyl (C=O) groups excluding carboxylic acids is 2. The van der Waals surface area contributed by atoms with Crippen LogP contribution in [-0.4, -0.2) is 76.1 Å². The Kier molecular flexibility index (Phi) is 7.10. The number of nitrogens with zero attached hydrogens (tertiary/aromatic N) is 2. The Morgan fingerprint density at radius 1 is 1.00 bits per heavy atom. The molecule has 2 spiro atoms. The number of fused-ring (bicyclic) bond motifs is 1. The predicted molar refractivity (Wildman–Crippen MR) is 167 cm³/mol. The average Bonchev–Trinajstić information content (AvgIpc) is 3.25. The Morgan fingerprint density at radius 2 is 1.68 bits per heavy atom. The number of carbonyl (C=O) groups is 2. The molecule has 1 amide bonds. The highest BCUT2D eigenvalue weighted by Gasteiger charge is 2.74. The van der Waals surface area contributed by atoms with Gasteiger partial charge in [0.15, 0.2) is 5.78 Å². The number of amides is 1. The van der Waals surface area contributed by atoms with Gasteiger partial charge in [-0.05, 0) is 74.3 Å². The number of halogens is 2. The molecule has 4 fully saturated rings. The summed E-state index contributed by atoms with van der Waals surface area (Å²) in [7, 11) is 0. The minimum Gasteiger partial charge on any atom is -0.393 e. The van der Waals surface area contributed by atoms with E-state index in [1.807, 2.05) is 4.90 Å². The third-order valence-corrected chi connectivity index (χ3v) is 14.1. The first-order valence-electron chi connectivity index (χ1n) is 16.6. The summed E-state index contributed by atoms with van der Waals surface area (Å²) < 4.78 is 15.0. The molecule has 7 aliphatic rings. The topological polar surface area (TPSA) is 81.1 Å². The molecule has 2 N–H and O–H groups in total. The van der Waals surface area contributed by atoms with Crippen LogP contribution in [0.2, 0.25) is 5.02 Å². The van der Waals surface area contributed by atoms with E-state index in [0.29, 0.717) is 32.5 Å². The maximum atomic E-state index is 15.0. The van der Waals surface area contributed by atoms with Crippen LogP contribution in [0.5, 0.6) is 0 Å². The maximum absolute atomic E-state index is 15.0. The van der Waals surface area contributed by atoms with Crippen molar-refractivity contribution in [2.75, 3.05) is 32.7 Å². The fourth-order valence-corrected chi connectivity index (χ4v) is 11.4. The third kappa shape index (κ3) is 4.07. The van der Waals surface area contributed by atoms with Crippen molar-refractivity contribution in [2.45, 2.75) is 83.8 Å². The van der Waals surface area contributed by atoms with Gasteiger partial charge in [0.1, 0.15) is 5.82 Å². The summed E-state index contributed by atoms with van der Waals surface area (Å²) in [5.41, 5.74) is -1.51. The Hall–Kier alpha value is -2.06. The highest BCUT2D eigenvalue weighted by atomic mass is 35.5. The number of aliphatic hydroxyl groups excluding tert-OH is 1. The maximum Gasteiger partial charge on any atom is 0.219 e. The van der Waals surface area contributed by atoms with Gasteiger partial charge < -0.3 is 15.1 Å². The molecule has 2 bridgehead atoms. The van der Waals surface area contributed by atoms with Gasteiger partial charge >= 0.3 is 0 Å². The van der Waals surface area contributed by atoms with E-state index < -0.39 is 33.8 Å². The van der Waals surface area contributed by atoms with E-state index in [1.165, 1.54) is 6.07 Å². The molecule has 8 atom stereocenters. The number of β-amino-alcohol motifs (C(OH)–C–C–N with tert-alkyl or cyclic N) is 1. The van der Waals surface area contributed by atoms with Crippen molar-refractivity contribution in [3.63, 3.8) is 0 Å². The molecule has 1 heterocycles. The molecule has 8 rings (SSSR count). The summed E-state index contributed by atoms with van der Waals surface area (Å²) >= 11 is 6.43. The first-order valence-corrected chi connectivity index (χ1v) is 16.9. The monoisotopic (exact) mass is 624 g/mol. The average molecular weight is 625 g/mol. The molecule has 1 aliphatic heterocycles. The van der Waals surface area contributed by atoms with E-state index in [9.17, 15) is 24.2 Å². The van der Waals surface area contributed by atoms with Gasteiger partial charge in [-0.2, -0.15) is 0 Å². The summed E-state index contributed by atoms with van der Waals surface area (Å²) in [5.74, 6) is -0.251. The largest absolute Gasteiger partial charge is 0.393 e. The summed E-state index contributed by atoms with van der Waals surface area (Å²) in [5, 5.41) is 23.7. The van der Waals surface area contributed by atoms with Gasteiger partial charge in [0.2, 0.25) is 5.91 Å². The minimum absolute atomic E-state index is 0.0433. The minimum atomic E-state index is -0.928. The molecule has 1 saturated heterocycles. The van der Waals surface area contributed by atoms with Gasteiger partial charge in [-0.15, -0.1) is 0 Å². The molecular formula is C36H46ClFN2O4. The normalized spacial score (nSPS) is 42.8. The summed E-state index contributed by atoms with van der Waals surface area (Å²) in [4.78, 5) is 30.6. The second-order valence-corrected chi connectivity index (χ2v) is 15.8. The molecule has 6 nitrogen and oxygen atoms in total. The van der Waals surface area contributed by atoms with E-state index in [-0.39, 0.29) is 45.9 Å². The molecule has 1 aromatic carbocycles. The second kappa shape index (κ2) is 10.2. The van der Waals surface area contributed by atoms with Crippen molar-refractivity contribution >= 4 is 23.3 Å². The van der Waals surface area contributed by atoms with Gasteiger partial charge in [-0.3, -0.25) is 14.5 Å². The number of allylic oxidation sites excluding steroid dienone is 4. The van der Waals surface area contributed by atoms with Gasteiger partial charge in [0, 0.05) is 78.5 Å².